The van der Waals surface area contributed by atoms with Gasteiger partial charge in [0, 0.05) is 50.7 Å². The Labute approximate surface area is 103 Å². The predicted molar refractivity (Wildman–Crippen MR) is 69.0 cm³/mol. The molecule has 5 heteroatoms. The van der Waals surface area contributed by atoms with Crippen LogP contribution in [0.3, 0.4) is 0 Å². The Balaban J connectivity index is 1.95. The molecule has 0 unspecified atom stereocenters. The van der Waals surface area contributed by atoms with E-state index in [2.05, 4.69) is 33.6 Å². The number of hydrogen-bond acceptors (Lipinski definition) is 5. The number of nitrogens with two attached hydrogens (primary N) is 1. The molecular formula is C12H21N5. The summed E-state index contributed by atoms with van der Waals surface area (Å²) in [5.41, 5.74) is 5.89. The third kappa shape index (κ3) is 2.73. The molecule has 1 saturated heterocycles. The molecule has 1 aliphatic rings. The van der Waals surface area contributed by atoms with Gasteiger partial charge < -0.3 is 10.6 Å². The first-order valence-electron chi connectivity index (χ1n) is 6.10. The Kier molecular flexibility index (Phi) is 3.59. The smallest absolute Gasteiger partial charge is 0.225 e. The van der Waals surface area contributed by atoms with Gasteiger partial charge in [0.15, 0.2) is 0 Å². The SMILES string of the molecule is CC(C)(CN)N1CCN(c2ncccn2)CC1. The van der Waals surface area contributed by atoms with E-state index in [0.29, 0.717) is 6.54 Å². The van der Waals surface area contributed by atoms with E-state index in [9.17, 15) is 0 Å². The Hall–Kier alpha value is -1.20. The van der Waals surface area contributed by atoms with Crippen molar-refractivity contribution in [2.45, 2.75) is 19.4 Å². The minimum atomic E-state index is 0.0869. The van der Waals surface area contributed by atoms with Crippen LogP contribution in [0.5, 0.6) is 0 Å². The van der Waals surface area contributed by atoms with Crippen molar-refractivity contribution in [3.8, 4) is 0 Å². The summed E-state index contributed by atoms with van der Waals surface area (Å²) in [5.74, 6) is 0.831. The fourth-order valence-electron chi connectivity index (χ4n) is 2.10. The fraction of sp³-hybridized carbons (Fsp3) is 0.667. The zero-order valence-corrected chi connectivity index (χ0v) is 10.6. The van der Waals surface area contributed by atoms with Gasteiger partial charge in [0.25, 0.3) is 0 Å². The first kappa shape index (κ1) is 12.3. The molecule has 94 valence electrons. The molecular weight excluding hydrogens is 214 g/mol. The summed E-state index contributed by atoms with van der Waals surface area (Å²) in [4.78, 5) is 13.2. The number of nitrogens with zero attached hydrogens (tertiary/aromatic N) is 4. The second-order valence-corrected chi connectivity index (χ2v) is 5.04. The lowest BCUT2D eigenvalue weighted by atomic mass is 10.0. The number of rotatable bonds is 3. The second kappa shape index (κ2) is 4.98. The Morgan fingerprint density at radius 1 is 1.18 bits per heavy atom. The molecule has 1 aliphatic heterocycles. The van der Waals surface area contributed by atoms with Gasteiger partial charge in [-0.15, -0.1) is 0 Å². The molecule has 1 aromatic heterocycles. The van der Waals surface area contributed by atoms with Gasteiger partial charge in [0.2, 0.25) is 5.95 Å². The summed E-state index contributed by atoms with van der Waals surface area (Å²) in [6.07, 6.45) is 3.58. The largest absolute Gasteiger partial charge is 0.338 e. The van der Waals surface area contributed by atoms with Crippen LogP contribution in [0.1, 0.15) is 13.8 Å². The van der Waals surface area contributed by atoms with E-state index in [-0.39, 0.29) is 5.54 Å². The Morgan fingerprint density at radius 3 is 2.29 bits per heavy atom. The van der Waals surface area contributed by atoms with Gasteiger partial charge in [-0.3, -0.25) is 4.90 Å². The van der Waals surface area contributed by atoms with E-state index in [1.165, 1.54) is 0 Å². The zero-order valence-electron chi connectivity index (χ0n) is 10.6. The molecule has 2 rings (SSSR count). The fourth-order valence-corrected chi connectivity index (χ4v) is 2.10. The molecule has 0 bridgehead atoms. The predicted octanol–water partition coefficient (Wildman–Crippen LogP) is 0.336. The highest BCUT2D eigenvalue weighted by atomic mass is 15.3. The lowest BCUT2D eigenvalue weighted by Crippen LogP contribution is -2.57. The Bertz CT molecular complexity index is 343. The van der Waals surface area contributed by atoms with Crippen molar-refractivity contribution in [3.05, 3.63) is 18.5 Å². The second-order valence-electron chi connectivity index (χ2n) is 5.04. The van der Waals surface area contributed by atoms with E-state index < -0.39 is 0 Å². The molecule has 0 atom stereocenters. The van der Waals surface area contributed by atoms with Crippen molar-refractivity contribution in [1.82, 2.24) is 14.9 Å². The van der Waals surface area contributed by atoms with Gasteiger partial charge in [-0.05, 0) is 19.9 Å². The lowest BCUT2D eigenvalue weighted by Gasteiger charge is -2.43. The van der Waals surface area contributed by atoms with Gasteiger partial charge in [-0.25, -0.2) is 9.97 Å². The summed E-state index contributed by atoms with van der Waals surface area (Å²) in [6.45, 7) is 9.05. The maximum Gasteiger partial charge on any atom is 0.225 e. The molecule has 2 heterocycles. The van der Waals surface area contributed by atoms with Gasteiger partial charge in [-0.1, -0.05) is 0 Å². The van der Waals surface area contributed by atoms with Crippen molar-refractivity contribution in [2.24, 2.45) is 5.73 Å². The van der Waals surface area contributed by atoms with E-state index in [4.69, 9.17) is 5.73 Å². The normalized spacial score (nSPS) is 18.4. The van der Waals surface area contributed by atoms with Crippen molar-refractivity contribution in [2.75, 3.05) is 37.6 Å². The van der Waals surface area contributed by atoms with E-state index in [1.54, 1.807) is 12.4 Å². The minimum absolute atomic E-state index is 0.0869. The van der Waals surface area contributed by atoms with Crippen molar-refractivity contribution < 1.29 is 0 Å². The summed E-state index contributed by atoms with van der Waals surface area (Å²) < 4.78 is 0. The molecule has 5 nitrogen and oxygen atoms in total. The molecule has 1 fully saturated rings. The average Bonchev–Trinajstić information content (AvgIpc) is 2.40. The molecule has 17 heavy (non-hydrogen) atoms. The maximum atomic E-state index is 5.80. The van der Waals surface area contributed by atoms with Crippen LogP contribution in [0.25, 0.3) is 0 Å². The third-order valence-corrected chi connectivity index (χ3v) is 3.47. The molecule has 0 aromatic carbocycles. The number of hydrogen-bond donors (Lipinski definition) is 1. The number of piperazine rings is 1. The quantitative estimate of drug-likeness (QED) is 0.818. The topological polar surface area (TPSA) is 58.3 Å². The third-order valence-electron chi connectivity index (χ3n) is 3.47. The molecule has 0 aliphatic carbocycles. The molecule has 1 aromatic rings. The first-order chi connectivity index (χ1) is 8.13. The Morgan fingerprint density at radius 2 is 1.76 bits per heavy atom. The van der Waals surface area contributed by atoms with Crippen LogP contribution in [-0.4, -0.2) is 53.1 Å². The summed E-state index contributed by atoms with van der Waals surface area (Å²) >= 11 is 0. The van der Waals surface area contributed by atoms with Crippen molar-refractivity contribution in [3.63, 3.8) is 0 Å². The van der Waals surface area contributed by atoms with Crippen LogP contribution in [0.4, 0.5) is 5.95 Å². The van der Waals surface area contributed by atoms with Crippen LogP contribution in [-0.2, 0) is 0 Å². The monoisotopic (exact) mass is 235 g/mol. The highest BCUT2D eigenvalue weighted by Crippen LogP contribution is 2.17. The van der Waals surface area contributed by atoms with Gasteiger partial charge >= 0.3 is 0 Å². The van der Waals surface area contributed by atoms with Crippen LogP contribution >= 0.6 is 0 Å². The van der Waals surface area contributed by atoms with Crippen LogP contribution < -0.4 is 10.6 Å². The summed E-state index contributed by atoms with van der Waals surface area (Å²) in [5, 5.41) is 0. The maximum absolute atomic E-state index is 5.80. The van der Waals surface area contributed by atoms with E-state index in [0.717, 1.165) is 32.1 Å². The molecule has 0 saturated carbocycles. The summed E-state index contributed by atoms with van der Waals surface area (Å²) in [7, 11) is 0. The van der Waals surface area contributed by atoms with Gasteiger partial charge in [0.1, 0.15) is 0 Å². The van der Waals surface area contributed by atoms with E-state index in [1.807, 2.05) is 6.07 Å². The molecule has 0 spiro atoms. The molecule has 0 amide bonds. The van der Waals surface area contributed by atoms with Crippen molar-refractivity contribution >= 4 is 5.95 Å². The zero-order chi connectivity index (χ0) is 12.3. The minimum Gasteiger partial charge on any atom is -0.338 e. The summed E-state index contributed by atoms with van der Waals surface area (Å²) in [6, 6.07) is 1.84. The number of anilines is 1. The van der Waals surface area contributed by atoms with Crippen LogP contribution in [0.2, 0.25) is 0 Å². The molecule has 2 N–H and O–H groups in total. The van der Waals surface area contributed by atoms with Crippen LogP contribution in [0.15, 0.2) is 18.5 Å². The highest BCUT2D eigenvalue weighted by molar-refractivity contribution is 5.29. The highest BCUT2D eigenvalue weighted by Gasteiger charge is 2.29. The first-order valence-corrected chi connectivity index (χ1v) is 6.10. The standard InChI is InChI=1S/C12H21N5/c1-12(2,10-13)17-8-6-16(7-9-17)11-14-4-3-5-15-11/h3-5H,6-10,13H2,1-2H3. The van der Waals surface area contributed by atoms with Gasteiger partial charge in [0.05, 0.1) is 0 Å². The lowest BCUT2D eigenvalue weighted by molar-refractivity contribution is 0.118. The molecule has 0 radical (unpaired) electrons. The van der Waals surface area contributed by atoms with Crippen LogP contribution in [0, 0.1) is 0 Å². The average molecular weight is 235 g/mol. The van der Waals surface area contributed by atoms with E-state index >= 15 is 0 Å². The number of aromatic nitrogens is 2. The van der Waals surface area contributed by atoms with Gasteiger partial charge in [-0.2, -0.15) is 0 Å². The van der Waals surface area contributed by atoms with Crippen molar-refractivity contribution in [1.29, 1.82) is 0 Å².